The van der Waals surface area contributed by atoms with Gasteiger partial charge in [-0.05, 0) is 25.6 Å². The van der Waals surface area contributed by atoms with Gasteiger partial charge in [-0.15, -0.1) is 0 Å². The molecular formula is C21H26ClN7O2S2. The number of halogens is 1. The maximum absolute atomic E-state index is 12.3. The van der Waals surface area contributed by atoms with Gasteiger partial charge in [0.2, 0.25) is 16.0 Å². The van der Waals surface area contributed by atoms with E-state index in [-0.39, 0.29) is 16.7 Å². The maximum Gasteiger partial charge on any atom is 0.232 e. The average molecular weight is 508 g/mol. The second-order valence-corrected chi connectivity index (χ2v) is 11.0. The third kappa shape index (κ3) is 5.37. The van der Waals surface area contributed by atoms with Crippen molar-refractivity contribution < 1.29 is 8.42 Å². The Morgan fingerprint density at radius 1 is 1.18 bits per heavy atom. The second-order valence-electron chi connectivity index (χ2n) is 7.85. The van der Waals surface area contributed by atoms with E-state index in [1.54, 1.807) is 24.4 Å². The number of aromatic nitrogens is 3. The van der Waals surface area contributed by atoms with E-state index in [9.17, 15) is 8.42 Å². The molecule has 0 aliphatic carbocycles. The van der Waals surface area contributed by atoms with Crippen molar-refractivity contribution in [3.63, 3.8) is 0 Å². The SMILES string of the molecule is CCCS(=O)(=O)Nc1cccc(-c2nc(N3CCN(C)CC3)sc2-c2ccnc(N)n2)c1Cl. The summed E-state index contributed by atoms with van der Waals surface area (Å²) in [6.07, 6.45) is 2.11. The monoisotopic (exact) mass is 507 g/mol. The molecule has 33 heavy (non-hydrogen) atoms. The number of nitrogen functional groups attached to an aromatic ring is 1. The van der Waals surface area contributed by atoms with E-state index in [0.717, 1.165) is 36.2 Å². The summed E-state index contributed by atoms with van der Waals surface area (Å²) in [7, 11) is -1.39. The first-order valence-corrected chi connectivity index (χ1v) is 13.4. The van der Waals surface area contributed by atoms with Crippen LogP contribution in [0.1, 0.15) is 13.3 Å². The number of benzene rings is 1. The van der Waals surface area contributed by atoms with Gasteiger partial charge >= 0.3 is 0 Å². The van der Waals surface area contributed by atoms with Gasteiger partial charge in [0.05, 0.1) is 32.7 Å². The molecule has 0 spiro atoms. The van der Waals surface area contributed by atoms with Gasteiger partial charge in [0.25, 0.3) is 0 Å². The average Bonchev–Trinajstić information content (AvgIpc) is 3.21. The molecule has 2 aromatic heterocycles. The minimum atomic E-state index is -3.49. The zero-order chi connectivity index (χ0) is 23.6. The third-order valence-corrected chi connectivity index (χ3v) is 8.31. The van der Waals surface area contributed by atoms with Crippen LogP contribution in [0.4, 0.5) is 16.8 Å². The van der Waals surface area contributed by atoms with Crippen molar-refractivity contribution in [3.05, 3.63) is 35.5 Å². The summed E-state index contributed by atoms with van der Waals surface area (Å²) in [5.41, 5.74) is 8.07. The molecule has 4 rings (SSSR count). The summed E-state index contributed by atoms with van der Waals surface area (Å²) >= 11 is 8.23. The molecule has 3 aromatic rings. The Hall–Kier alpha value is -2.47. The number of nitrogens with two attached hydrogens (primary N) is 1. The van der Waals surface area contributed by atoms with Gasteiger partial charge in [-0.1, -0.05) is 42.0 Å². The molecule has 0 radical (unpaired) electrons. The van der Waals surface area contributed by atoms with Gasteiger partial charge < -0.3 is 15.5 Å². The third-order valence-electron chi connectivity index (χ3n) is 5.29. The molecule has 1 aliphatic heterocycles. The summed E-state index contributed by atoms with van der Waals surface area (Å²) in [6, 6.07) is 7.02. The van der Waals surface area contributed by atoms with E-state index in [4.69, 9.17) is 22.3 Å². The highest BCUT2D eigenvalue weighted by atomic mass is 35.5. The zero-order valence-electron chi connectivity index (χ0n) is 18.5. The first-order valence-electron chi connectivity index (χ1n) is 10.6. The Balaban J connectivity index is 1.80. The molecule has 0 atom stereocenters. The van der Waals surface area contributed by atoms with E-state index in [1.165, 1.54) is 11.3 Å². The molecule has 1 aromatic carbocycles. The Morgan fingerprint density at radius 2 is 1.94 bits per heavy atom. The molecular weight excluding hydrogens is 482 g/mol. The van der Waals surface area contributed by atoms with Crippen molar-refractivity contribution in [1.82, 2.24) is 19.9 Å². The molecule has 3 N–H and O–H groups in total. The van der Waals surface area contributed by atoms with Crippen LogP contribution in [-0.4, -0.2) is 67.2 Å². The van der Waals surface area contributed by atoms with Crippen LogP contribution in [0, 0.1) is 0 Å². The predicted molar refractivity (Wildman–Crippen MR) is 135 cm³/mol. The Kier molecular flexibility index (Phi) is 7.03. The van der Waals surface area contributed by atoms with E-state index in [1.807, 2.05) is 13.0 Å². The topological polar surface area (TPSA) is 117 Å². The van der Waals surface area contributed by atoms with Gasteiger partial charge in [-0.2, -0.15) is 0 Å². The van der Waals surface area contributed by atoms with E-state index in [2.05, 4.69) is 31.5 Å². The summed E-state index contributed by atoms with van der Waals surface area (Å²) in [6.45, 7) is 5.42. The van der Waals surface area contributed by atoms with Crippen molar-refractivity contribution in [2.75, 3.05) is 54.3 Å². The van der Waals surface area contributed by atoms with Crippen LogP contribution < -0.4 is 15.4 Å². The number of rotatable bonds is 7. The first-order chi connectivity index (χ1) is 15.8. The zero-order valence-corrected chi connectivity index (χ0v) is 20.8. The maximum atomic E-state index is 12.3. The fourth-order valence-corrected chi connectivity index (χ4v) is 6.14. The van der Waals surface area contributed by atoms with Crippen LogP contribution >= 0.6 is 22.9 Å². The van der Waals surface area contributed by atoms with Gasteiger partial charge in [0.1, 0.15) is 0 Å². The first kappa shape index (κ1) is 23.7. The van der Waals surface area contributed by atoms with Crippen molar-refractivity contribution in [2.45, 2.75) is 13.3 Å². The fourth-order valence-electron chi connectivity index (χ4n) is 3.58. The minimum Gasteiger partial charge on any atom is -0.368 e. The lowest BCUT2D eigenvalue weighted by Crippen LogP contribution is -2.44. The number of nitrogens with zero attached hydrogens (tertiary/aromatic N) is 5. The quantitative estimate of drug-likeness (QED) is 0.499. The molecule has 12 heteroatoms. The number of hydrogen-bond acceptors (Lipinski definition) is 9. The molecule has 0 unspecified atom stereocenters. The van der Waals surface area contributed by atoms with Crippen molar-refractivity contribution in [3.8, 4) is 21.8 Å². The van der Waals surface area contributed by atoms with Crippen molar-refractivity contribution in [2.24, 2.45) is 0 Å². The lowest BCUT2D eigenvalue weighted by atomic mass is 10.1. The molecule has 0 bridgehead atoms. The van der Waals surface area contributed by atoms with Crippen LogP contribution in [0.25, 0.3) is 21.8 Å². The summed E-state index contributed by atoms with van der Waals surface area (Å²) in [4.78, 5) is 18.6. The molecule has 9 nitrogen and oxygen atoms in total. The minimum absolute atomic E-state index is 0.0171. The van der Waals surface area contributed by atoms with Gasteiger partial charge in [0.15, 0.2) is 5.13 Å². The highest BCUT2D eigenvalue weighted by Crippen LogP contribution is 2.43. The highest BCUT2D eigenvalue weighted by molar-refractivity contribution is 7.92. The Bertz CT molecular complexity index is 1240. The van der Waals surface area contributed by atoms with Crippen molar-refractivity contribution in [1.29, 1.82) is 0 Å². The smallest absolute Gasteiger partial charge is 0.232 e. The van der Waals surface area contributed by atoms with Gasteiger partial charge in [-0.3, -0.25) is 4.72 Å². The summed E-state index contributed by atoms with van der Waals surface area (Å²) < 4.78 is 27.3. The normalized spacial score (nSPS) is 15.1. The van der Waals surface area contributed by atoms with Crippen LogP contribution in [0.3, 0.4) is 0 Å². The molecule has 1 saturated heterocycles. The van der Waals surface area contributed by atoms with E-state index >= 15 is 0 Å². The highest BCUT2D eigenvalue weighted by Gasteiger charge is 2.24. The molecule has 3 heterocycles. The summed E-state index contributed by atoms with van der Waals surface area (Å²) in [5, 5.41) is 1.15. The summed E-state index contributed by atoms with van der Waals surface area (Å²) in [5.74, 6) is 0.184. The molecule has 1 fully saturated rings. The molecule has 0 saturated carbocycles. The number of hydrogen-bond donors (Lipinski definition) is 2. The Labute approximate surface area is 202 Å². The largest absolute Gasteiger partial charge is 0.368 e. The van der Waals surface area contributed by atoms with Crippen molar-refractivity contribution >= 4 is 49.7 Å². The number of sulfonamides is 1. The van der Waals surface area contributed by atoms with Gasteiger partial charge in [-0.25, -0.2) is 23.4 Å². The molecule has 0 amide bonds. The number of nitrogens with one attached hydrogen (secondary N) is 1. The standard InChI is InChI=1S/C21H26ClN7O2S2/c1-3-13-33(30,31)27-15-6-4-5-14(17(15)22)18-19(16-7-8-24-20(23)25-16)32-21(26-18)29-11-9-28(2)10-12-29/h4-8,27H,3,9-13H2,1-2H3,(H2,23,24,25). The lowest BCUT2D eigenvalue weighted by Gasteiger charge is -2.32. The Morgan fingerprint density at radius 3 is 2.64 bits per heavy atom. The second kappa shape index (κ2) is 9.80. The number of piperazine rings is 1. The van der Waals surface area contributed by atoms with E-state index < -0.39 is 10.0 Å². The van der Waals surface area contributed by atoms with Crippen LogP contribution in [0.5, 0.6) is 0 Å². The fraction of sp³-hybridized carbons (Fsp3) is 0.381. The van der Waals surface area contributed by atoms with Crippen LogP contribution in [0.15, 0.2) is 30.5 Å². The molecule has 176 valence electrons. The lowest BCUT2D eigenvalue weighted by molar-refractivity contribution is 0.313. The van der Waals surface area contributed by atoms with Crippen LogP contribution in [0.2, 0.25) is 5.02 Å². The number of likely N-dealkylation sites (N-methyl/N-ethyl adjacent to an activating group) is 1. The molecule has 1 aliphatic rings. The van der Waals surface area contributed by atoms with E-state index in [0.29, 0.717) is 29.1 Å². The van der Waals surface area contributed by atoms with Crippen LogP contribution in [-0.2, 0) is 10.0 Å². The van der Waals surface area contributed by atoms with Gasteiger partial charge in [0, 0.05) is 37.9 Å². The predicted octanol–water partition coefficient (Wildman–Crippen LogP) is 3.41. The number of thiazole rings is 1. The number of anilines is 3.